The number of likely N-dealkylation sites (tertiary alicyclic amines) is 1. The summed E-state index contributed by atoms with van der Waals surface area (Å²) in [5, 5.41) is 13.8. The highest BCUT2D eigenvalue weighted by Crippen LogP contribution is 2.18. The Bertz CT molecular complexity index is 1520. The van der Waals surface area contributed by atoms with Gasteiger partial charge < -0.3 is 44.1 Å². The number of ether oxygens (including phenoxy) is 5. The molecule has 2 heterocycles. The molecule has 1 saturated heterocycles. The Hall–Kier alpha value is -5.30. The maximum atomic E-state index is 12.2. The van der Waals surface area contributed by atoms with Gasteiger partial charge in [0.2, 0.25) is 17.7 Å². The molecular weight excluding hydrogens is 708 g/mol. The number of aromatic nitrogens is 3. The summed E-state index contributed by atoms with van der Waals surface area (Å²) in [6, 6.07) is 7.44. The predicted molar refractivity (Wildman–Crippen MR) is 192 cm³/mol. The molecule has 19 nitrogen and oxygen atoms in total. The highest BCUT2D eigenvalue weighted by Gasteiger charge is 2.34. The minimum atomic E-state index is -0.651. The number of esters is 1. The fourth-order valence-corrected chi connectivity index (χ4v) is 4.81. The molecule has 1 aromatic carbocycles. The van der Waals surface area contributed by atoms with Gasteiger partial charge in [0.05, 0.1) is 52.3 Å². The van der Waals surface area contributed by atoms with Crippen LogP contribution in [0, 0.1) is 5.92 Å². The number of anilines is 1. The largest absolute Gasteiger partial charge is 0.463 e. The van der Waals surface area contributed by atoms with Crippen LogP contribution < -0.4 is 10.6 Å². The normalized spacial score (nSPS) is 13.8. The maximum Gasteiger partial charge on any atom is 0.409 e. The van der Waals surface area contributed by atoms with Crippen LogP contribution in [0.2, 0.25) is 0 Å². The summed E-state index contributed by atoms with van der Waals surface area (Å²) in [6.07, 6.45) is 1.59. The molecule has 0 saturated carbocycles. The average Bonchev–Trinajstić information content (AvgIpc) is 3.71. The smallest absolute Gasteiger partial charge is 0.409 e. The van der Waals surface area contributed by atoms with E-state index in [1.807, 2.05) is 24.3 Å². The van der Waals surface area contributed by atoms with Crippen molar-refractivity contribution < 1.29 is 52.5 Å². The van der Waals surface area contributed by atoms with Crippen molar-refractivity contribution in [2.45, 2.75) is 52.8 Å². The zero-order chi connectivity index (χ0) is 39.3. The van der Waals surface area contributed by atoms with Crippen LogP contribution in [-0.4, -0.2) is 145 Å². The van der Waals surface area contributed by atoms with Crippen molar-refractivity contribution in [3.05, 3.63) is 41.7 Å². The van der Waals surface area contributed by atoms with Crippen LogP contribution in [0.25, 0.3) is 0 Å². The lowest BCUT2D eigenvalue weighted by molar-refractivity contribution is -0.145. The number of alkyl carbamates (subject to hydrolysis) is 1. The first-order valence-corrected chi connectivity index (χ1v) is 17.8. The van der Waals surface area contributed by atoms with E-state index in [-0.39, 0.29) is 95.2 Å². The lowest BCUT2D eigenvalue weighted by atomic mass is 10.1. The minimum absolute atomic E-state index is 0.00396. The van der Waals surface area contributed by atoms with E-state index in [4.69, 9.17) is 23.7 Å². The summed E-state index contributed by atoms with van der Waals surface area (Å²) in [5.74, 6) is -1.08. The molecule has 0 radical (unpaired) electrons. The van der Waals surface area contributed by atoms with Gasteiger partial charge in [-0.1, -0.05) is 24.3 Å². The third kappa shape index (κ3) is 16.2. The van der Waals surface area contributed by atoms with Crippen LogP contribution >= 0.6 is 0 Å². The molecule has 1 fully saturated rings. The van der Waals surface area contributed by atoms with E-state index in [9.17, 15) is 28.8 Å². The minimum Gasteiger partial charge on any atom is -0.463 e. The van der Waals surface area contributed by atoms with Crippen molar-refractivity contribution in [2.75, 3.05) is 85.2 Å². The average molecular weight is 761 g/mol. The van der Waals surface area contributed by atoms with E-state index < -0.39 is 12.2 Å². The van der Waals surface area contributed by atoms with Crippen LogP contribution in [0.15, 0.2) is 30.5 Å². The number of amides is 5. The van der Waals surface area contributed by atoms with Gasteiger partial charge >= 0.3 is 18.2 Å². The molecule has 0 bridgehead atoms. The first kappa shape index (κ1) is 43.1. The van der Waals surface area contributed by atoms with Crippen molar-refractivity contribution in [1.29, 1.82) is 0 Å². The number of likely N-dealkylation sites (N-methyl/N-ethyl adjacent to an activating group) is 2. The summed E-state index contributed by atoms with van der Waals surface area (Å²) in [6.45, 7) is 6.32. The van der Waals surface area contributed by atoms with Crippen LogP contribution in [-0.2, 0) is 62.6 Å². The molecule has 298 valence electrons. The van der Waals surface area contributed by atoms with Crippen molar-refractivity contribution in [2.24, 2.45) is 5.92 Å². The zero-order valence-electron chi connectivity index (χ0n) is 31.5. The Morgan fingerprint density at radius 3 is 2.26 bits per heavy atom. The molecule has 19 heteroatoms. The highest BCUT2D eigenvalue weighted by molar-refractivity contribution is 6.03. The maximum absolute atomic E-state index is 12.2. The number of imide groups is 1. The van der Waals surface area contributed by atoms with Gasteiger partial charge in [-0.2, -0.15) is 0 Å². The van der Waals surface area contributed by atoms with Crippen molar-refractivity contribution >= 4 is 41.6 Å². The molecule has 0 spiro atoms. The molecule has 2 N–H and O–H groups in total. The number of hydrogen-bond donors (Lipinski definition) is 2. The van der Waals surface area contributed by atoms with E-state index in [1.165, 1.54) is 21.6 Å². The van der Waals surface area contributed by atoms with Gasteiger partial charge in [0, 0.05) is 65.1 Å². The molecule has 1 aromatic heterocycles. The molecule has 3 rings (SSSR count). The van der Waals surface area contributed by atoms with Gasteiger partial charge in [-0.3, -0.25) is 24.1 Å². The number of hydrogen-bond acceptors (Lipinski definition) is 14. The Labute approximate surface area is 314 Å². The van der Waals surface area contributed by atoms with E-state index in [0.29, 0.717) is 44.9 Å². The van der Waals surface area contributed by atoms with E-state index in [2.05, 4.69) is 20.9 Å². The molecular formula is C35H52N8O11. The van der Waals surface area contributed by atoms with Crippen molar-refractivity contribution in [3.8, 4) is 0 Å². The Morgan fingerprint density at radius 2 is 1.57 bits per heavy atom. The molecule has 0 aliphatic carbocycles. The number of nitrogens with one attached hydrogen (secondary N) is 2. The van der Waals surface area contributed by atoms with Gasteiger partial charge in [0.1, 0.15) is 25.5 Å². The van der Waals surface area contributed by atoms with Gasteiger partial charge in [-0.05, 0) is 24.1 Å². The van der Waals surface area contributed by atoms with Gasteiger partial charge in [-0.15, -0.1) is 5.10 Å². The lowest BCUT2D eigenvalue weighted by Gasteiger charge is -2.21. The summed E-state index contributed by atoms with van der Waals surface area (Å²) >= 11 is 0. The van der Waals surface area contributed by atoms with E-state index in [0.717, 1.165) is 11.3 Å². The standard InChI is InChI=1S/C35H52N8O11/c1-26-22-31(45)43(33(26)47)15-17-51-19-21-53-34(48)37-23-30-24-42(39-38-30)14-16-50-18-20-52-32(46)6-5-11-36-29-9-7-28(8-10-29)25-54-35(49)41(4)13-12-40(3)27(2)44/h7-10,24,26,36H,5-6,11-23,25H2,1-4H3,(H,37,48). The van der Waals surface area contributed by atoms with Gasteiger partial charge in [-0.25, -0.2) is 14.3 Å². The van der Waals surface area contributed by atoms with Gasteiger partial charge in [0.25, 0.3) is 0 Å². The highest BCUT2D eigenvalue weighted by atomic mass is 16.6. The topological polar surface area (TPSA) is 213 Å². The Kier molecular flexibility index (Phi) is 18.7. The lowest BCUT2D eigenvalue weighted by Crippen LogP contribution is -2.36. The number of carbonyl (C=O) groups excluding carboxylic acids is 6. The number of carbonyl (C=O) groups is 6. The Balaban J connectivity index is 1.13. The third-order valence-corrected chi connectivity index (χ3v) is 8.17. The quantitative estimate of drug-likeness (QED) is 0.0671. The van der Waals surface area contributed by atoms with E-state index >= 15 is 0 Å². The summed E-state index contributed by atoms with van der Waals surface area (Å²) < 4.78 is 28.0. The first-order valence-electron chi connectivity index (χ1n) is 17.8. The fraction of sp³-hybridized carbons (Fsp3) is 0.600. The van der Waals surface area contributed by atoms with E-state index in [1.54, 1.807) is 31.9 Å². The zero-order valence-corrected chi connectivity index (χ0v) is 31.5. The van der Waals surface area contributed by atoms with Crippen molar-refractivity contribution in [3.63, 3.8) is 0 Å². The SMILES string of the molecule is CC(=O)N(C)CCN(C)C(=O)OCc1ccc(NCCCC(=O)OCCOCCn2cc(CNC(=O)OCCOCCN3C(=O)CC(C)C3=O)nn2)cc1. The molecule has 1 atom stereocenters. The number of benzene rings is 1. The monoisotopic (exact) mass is 760 g/mol. The number of rotatable bonds is 24. The molecule has 5 amide bonds. The molecule has 1 aliphatic rings. The summed E-state index contributed by atoms with van der Waals surface area (Å²) in [4.78, 5) is 75.2. The molecule has 1 aliphatic heterocycles. The predicted octanol–water partition coefficient (Wildman–Crippen LogP) is 1.41. The second-order valence-corrected chi connectivity index (χ2v) is 12.5. The van der Waals surface area contributed by atoms with Gasteiger partial charge in [0.15, 0.2) is 0 Å². The fourth-order valence-electron chi connectivity index (χ4n) is 4.81. The molecule has 2 aromatic rings. The first-order chi connectivity index (χ1) is 25.9. The summed E-state index contributed by atoms with van der Waals surface area (Å²) in [7, 11) is 3.29. The van der Waals surface area contributed by atoms with Crippen molar-refractivity contribution in [1.82, 2.24) is 35.0 Å². The molecule has 54 heavy (non-hydrogen) atoms. The molecule has 1 unspecified atom stereocenters. The Morgan fingerprint density at radius 1 is 0.889 bits per heavy atom. The van der Waals surface area contributed by atoms with Crippen LogP contribution in [0.1, 0.15) is 44.4 Å². The second-order valence-electron chi connectivity index (χ2n) is 12.5. The third-order valence-electron chi connectivity index (χ3n) is 8.17. The number of nitrogens with zero attached hydrogens (tertiary/aromatic N) is 6. The van der Waals surface area contributed by atoms with Crippen LogP contribution in [0.3, 0.4) is 0 Å². The second kappa shape index (κ2) is 23.4. The summed E-state index contributed by atoms with van der Waals surface area (Å²) in [5.41, 5.74) is 2.22. The van der Waals surface area contributed by atoms with Crippen LogP contribution in [0.4, 0.5) is 15.3 Å². The van der Waals surface area contributed by atoms with Crippen LogP contribution in [0.5, 0.6) is 0 Å².